The van der Waals surface area contributed by atoms with Crippen molar-refractivity contribution in [1.29, 1.82) is 0 Å². The van der Waals surface area contributed by atoms with Crippen LogP contribution in [0, 0.1) is 11.8 Å². The Morgan fingerprint density at radius 2 is 2.55 bits per heavy atom. The van der Waals surface area contributed by atoms with Crippen molar-refractivity contribution in [2.45, 2.75) is 13.3 Å². The summed E-state index contributed by atoms with van der Waals surface area (Å²) in [6.07, 6.45) is 0.782. The van der Waals surface area contributed by atoms with Gasteiger partial charge in [-0.1, -0.05) is 0 Å². The average Bonchev–Trinajstić information content (AvgIpc) is 2.37. The number of nitrogens with zero attached hydrogens (tertiary/aromatic N) is 1. The number of nitrogens with one attached hydrogen (secondary N) is 1. The maximum absolute atomic E-state index is 10.9. The molecular weight excluding hydrogens is 140 g/mol. The lowest BCUT2D eigenvalue weighted by atomic mass is 10.4. The fourth-order valence-corrected chi connectivity index (χ4v) is 1.04. The Morgan fingerprint density at radius 3 is 3.09 bits per heavy atom. The van der Waals surface area contributed by atoms with Gasteiger partial charge in [-0.3, -0.25) is 0 Å². The minimum absolute atomic E-state index is 0.0444. The van der Waals surface area contributed by atoms with Gasteiger partial charge in [0, 0.05) is 26.1 Å². The van der Waals surface area contributed by atoms with Gasteiger partial charge in [0.25, 0.3) is 0 Å². The average molecular weight is 152 g/mol. The Kier molecular flexibility index (Phi) is 2.79. The molecule has 3 nitrogen and oxygen atoms in total. The molecule has 0 atom stereocenters. The first-order chi connectivity index (χ1) is 5.34. The summed E-state index contributed by atoms with van der Waals surface area (Å²) in [5.41, 5.74) is 0. The Hall–Kier alpha value is -1.17. The van der Waals surface area contributed by atoms with Crippen molar-refractivity contribution in [3.8, 4) is 11.8 Å². The monoisotopic (exact) mass is 152 g/mol. The van der Waals surface area contributed by atoms with Crippen molar-refractivity contribution in [1.82, 2.24) is 10.2 Å². The van der Waals surface area contributed by atoms with E-state index in [1.165, 1.54) is 0 Å². The number of rotatable bonds is 2. The van der Waals surface area contributed by atoms with Crippen molar-refractivity contribution < 1.29 is 4.79 Å². The largest absolute Gasteiger partial charge is 0.336 e. The smallest absolute Gasteiger partial charge is 0.317 e. The van der Waals surface area contributed by atoms with Crippen LogP contribution in [0.4, 0.5) is 4.79 Å². The van der Waals surface area contributed by atoms with E-state index in [0.717, 1.165) is 26.1 Å². The molecule has 1 saturated heterocycles. The third-order valence-electron chi connectivity index (χ3n) is 1.63. The maximum atomic E-state index is 10.9. The van der Waals surface area contributed by atoms with E-state index in [4.69, 9.17) is 0 Å². The van der Waals surface area contributed by atoms with Crippen LogP contribution >= 0.6 is 0 Å². The Morgan fingerprint density at radius 1 is 1.73 bits per heavy atom. The van der Waals surface area contributed by atoms with Gasteiger partial charge in [0.1, 0.15) is 0 Å². The lowest BCUT2D eigenvalue weighted by Crippen LogP contribution is -2.28. The number of carbonyl (C=O) groups excluding carboxylic acids is 1. The van der Waals surface area contributed by atoms with Crippen molar-refractivity contribution in [3.63, 3.8) is 0 Å². The molecular formula is C8H12N2O. The lowest BCUT2D eigenvalue weighted by Gasteiger charge is -2.10. The minimum Gasteiger partial charge on any atom is -0.336 e. The SMILES string of the molecule is CC#CCCN1CCNC1=O. The van der Waals surface area contributed by atoms with Crippen LogP contribution in [0.3, 0.4) is 0 Å². The molecule has 11 heavy (non-hydrogen) atoms. The molecule has 1 rings (SSSR count). The second-order valence-electron chi connectivity index (χ2n) is 2.40. The van der Waals surface area contributed by atoms with Crippen molar-refractivity contribution in [2.24, 2.45) is 0 Å². The minimum atomic E-state index is 0.0444. The number of hydrogen-bond donors (Lipinski definition) is 1. The van der Waals surface area contributed by atoms with Crippen LogP contribution in [0.25, 0.3) is 0 Å². The summed E-state index contributed by atoms with van der Waals surface area (Å²) in [5.74, 6) is 5.72. The summed E-state index contributed by atoms with van der Waals surface area (Å²) >= 11 is 0. The molecule has 0 aromatic rings. The van der Waals surface area contributed by atoms with Gasteiger partial charge in [-0.15, -0.1) is 11.8 Å². The molecule has 60 valence electrons. The lowest BCUT2D eigenvalue weighted by molar-refractivity contribution is 0.218. The summed E-state index contributed by atoms with van der Waals surface area (Å²) in [6.45, 7) is 4.17. The van der Waals surface area contributed by atoms with E-state index in [1.54, 1.807) is 4.90 Å². The van der Waals surface area contributed by atoms with Crippen LogP contribution < -0.4 is 5.32 Å². The maximum Gasteiger partial charge on any atom is 0.317 e. The molecule has 3 heteroatoms. The highest BCUT2D eigenvalue weighted by Crippen LogP contribution is 1.96. The topological polar surface area (TPSA) is 32.3 Å². The van der Waals surface area contributed by atoms with E-state index in [9.17, 15) is 4.79 Å². The first-order valence-corrected chi connectivity index (χ1v) is 3.77. The molecule has 0 radical (unpaired) electrons. The zero-order valence-corrected chi connectivity index (χ0v) is 6.68. The normalized spacial score (nSPS) is 15.7. The van der Waals surface area contributed by atoms with Crippen LogP contribution in [0.15, 0.2) is 0 Å². The van der Waals surface area contributed by atoms with Gasteiger partial charge in [-0.25, -0.2) is 4.79 Å². The number of urea groups is 1. The molecule has 0 bridgehead atoms. The zero-order chi connectivity index (χ0) is 8.10. The highest BCUT2D eigenvalue weighted by molar-refractivity contribution is 5.76. The van der Waals surface area contributed by atoms with Crippen molar-refractivity contribution in [3.05, 3.63) is 0 Å². The highest BCUT2D eigenvalue weighted by Gasteiger charge is 2.17. The number of hydrogen-bond acceptors (Lipinski definition) is 1. The van der Waals surface area contributed by atoms with Gasteiger partial charge in [-0.2, -0.15) is 0 Å². The predicted molar refractivity (Wildman–Crippen MR) is 43.0 cm³/mol. The molecule has 1 aliphatic heterocycles. The van der Waals surface area contributed by atoms with Crippen LogP contribution in [0.2, 0.25) is 0 Å². The second-order valence-corrected chi connectivity index (χ2v) is 2.40. The molecule has 2 amide bonds. The Labute approximate surface area is 66.8 Å². The fraction of sp³-hybridized carbons (Fsp3) is 0.625. The third-order valence-corrected chi connectivity index (χ3v) is 1.63. The van der Waals surface area contributed by atoms with E-state index in [-0.39, 0.29) is 6.03 Å². The summed E-state index contributed by atoms with van der Waals surface area (Å²) < 4.78 is 0. The summed E-state index contributed by atoms with van der Waals surface area (Å²) in [5, 5.41) is 2.74. The van der Waals surface area contributed by atoms with Gasteiger partial charge in [0.2, 0.25) is 0 Å². The van der Waals surface area contributed by atoms with E-state index in [2.05, 4.69) is 17.2 Å². The van der Waals surface area contributed by atoms with E-state index < -0.39 is 0 Å². The molecule has 1 fully saturated rings. The summed E-state index contributed by atoms with van der Waals surface area (Å²) in [4.78, 5) is 12.7. The predicted octanol–water partition coefficient (Wildman–Crippen LogP) is 0.425. The standard InChI is InChI=1S/C8H12N2O/c1-2-3-4-6-10-7-5-9-8(10)11/h4-7H2,1H3,(H,9,11). The molecule has 0 aromatic heterocycles. The molecule has 1 heterocycles. The number of carbonyl (C=O) groups is 1. The molecule has 0 spiro atoms. The first kappa shape index (κ1) is 7.93. The number of amides is 2. The van der Waals surface area contributed by atoms with Crippen molar-refractivity contribution >= 4 is 6.03 Å². The van der Waals surface area contributed by atoms with Gasteiger partial charge in [0.15, 0.2) is 0 Å². The van der Waals surface area contributed by atoms with Gasteiger partial charge < -0.3 is 10.2 Å². The van der Waals surface area contributed by atoms with Crippen LogP contribution in [0.5, 0.6) is 0 Å². The summed E-state index contributed by atoms with van der Waals surface area (Å²) in [6, 6.07) is 0.0444. The first-order valence-electron chi connectivity index (χ1n) is 3.77. The molecule has 0 aliphatic carbocycles. The van der Waals surface area contributed by atoms with Gasteiger partial charge >= 0.3 is 6.03 Å². The van der Waals surface area contributed by atoms with E-state index >= 15 is 0 Å². The highest BCUT2D eigenvalue weighted by atomic mass is 16.2. The Bertz CT molecular complexity index is 202. The molecule has 0 saturated carbocycles. The summed E-state index contributed by atoms with van der Waals surface area (Å²) in [7, 11) is 0. The second kappa shape index (κ2) is 3.87. The van der Waals surface area contributed by atoms with Crippen LogP contribution in [0.1, 0.15) is 13.3 Å². The zero-order valence-electron chi connectivity index (χ0n) is 6.68. The van der Waals surface area contributed by atoms with Gasteiger partial charge in [-0.05, 0) is 6.92 Å². The molecule has 1 N–H and O–H groups in total. The fourth-order valence-electron chi connectivity index (χ4n) is 1.04. The van der Waals surface area contributed by atoms with E-state index in [1.807, 2.05) is 6.92 Å². The van der Waals surface area contributed by atoms with Gasteiger partial charge in [0.05, 0.1) is 0 Å². The third kappa shape index (κ3) is 2.15. The molecule has 0 unspecified atom stereocenters. The molecule has 1 aliphatic rings. The molecule has 0 aromatic carbocycles. The van der Waals surface area contributed by atoms with Crippen LogP contribution in [-0.4, -0.2) is 30.6 Å². The Balaban J connectivity index is 2.24. The quantitative estimate of drug-likeness (QED) is 0.572. The van der Waals surface area contributed by atoms with E-state index in [0.29, 0.717) is 0 Å². The van der Waals surface area contributed by atoms with Crippen molar-refractivity contribution in [2.75, 3.05) is 19.6 Å². The van der Waals surface area contributed by atoms with Crippen LogP contribution in [-0.2, 0) is 0 Å².